The molecule has 0 aliphatic carbocycles. The molecule has 0 bridgehead atoms. The second-order valence-electron chi connectivity index (χ2n) is 7.86. The highest BCUT2D eigenvalue weighted by atomic mass is 32.1. The maximum Gasteiger partial charge on any atom is 0.335 e. The van der Waals surface area contributed by atoms with E-state index in [-0.39, 0.29) is 16.2 Å². The van der Waals surface area contributed by atoms with Gasteiger partial charge in [-0.15, -0.1) is 0 Å². The molecule has 7 nitrogen and oxygen atoms in total. The van der Waals surface area contributed by atoms with Crippen LogP contribution in [0.25, 0.3) is 11.8 Å². The van der Waals surface area contributed by atoms with Crippen molar-refractivity contribution in [2.24, 2.45) is 0 Å². The summed E-state index contributed by atoms with van der Waals surface area (Å²) in [7, 11) is 0. The largest absolute Gasteiger partial charge is 0.478 e. The summed E-state index contributed by atoms with van der Waals surface area (Å²) in [4.78, 5) is 38.6. The van der Waals surface area contributed by atoms with Gasteiger partial charge in [-0.2, -0.15) is 0 Å². The Morgan fingerprint density at radius 1 is 1.03 bits per heavy atom. The van der Waals surface area contributed by atoms with Gasteiger partial charge in [0.25, 0.3) is 11.8 Å². The first kappa shape index (κ1) is 22.2. The first-order valence-corrected chi connectivity index (χ1v) is 10.7. The Morgan fingerprint density at radius 3 is 2.42 bits per heavy atom. The maximum absolute atomic E-state index is 13.3. The molecule has 0 spiro atoms. The van der Waals surface area contributed by atoms with E-state index in [2.05, 4.69) is 19.2 Å². The molecule has 3 aromatic rings. The van der Waals surface area contributed by atoms with Crippen LogP contribution in [0.3, 0.4) is 0 Å². The number of aromatic carboxylic acids is 1. The highest BCUT2D eigenvalue weighted by Gasteiger charge is 2.34. The number of hydrogen-bond acceptors (Lipinski definition) is 4. The lowest BCUT2D eigenvalue weighted by Gasteiger charge is -2.29. The third-order valence-corrected chi connectivity index (χ3v) is 5.65. The second-order valence-corrected chi connectivity index (χ2v) is 8.25. The SMILES string of the molecule is CC(C)c1ccc(N2C(=O)/C(=C/c3cccn3-c3cccc(C(=O)O)c3)C(=O)NC2=S)cc1. The van der Waals surface area contributed by atoms with Gasteiger partial charge in [0.15, 0.2) is 5.11 Å². The molecule has 2 heterocycles. The molecule has 1 aromatic heterocycles. The normalized spacial score (nSPS) is 15.3. The lowest BCUT2D eigenvalue weighted by Crippen LogP contribution is -2.54. The average Bonchev–Trinajstić information content (AvgIpc) is 3.25. The first-order valence-electron chi connectivity index (χ1n) is 10.3. The van der Waals surface area contributed by atoms with Crippen molar-refractivity contribution < 1.29 is 19.5 Å². The number of carbonyl (C=O) groups is 3. The van der Waals surface area contributed by atoms with E-state index in [1.54, 1.807) is 47.2 Å². The topological polar surface area (TPSA) is 91.6 Å². The van der Waals surface area contributed by atoms with Crippen LogP contribution in [-0.2, 0) is 9.59 Å². The van der Waals surface area contributed by atoms with Crippen molar-refractivity contribution in [1.82, 2.24) is 9.88 Å². The number of carboxylic acid groups (broad SMARTS) is 1. The second kappa shape index (κ2) is 8.84. The van der Waals surface area contributed by atoms with Gasteiger partial charge in [0.1, 0.15) is 5.57 Å². The Morgan fingerprint density at radius 2 is 1.76 bits per heavy atom. The molecule has 8 heteroatoms. The van der Waals surface area contributed by atoms with E-state index in [0.29, 0.717) is 23.0 Å². The summed E-state index contributed by atoms with van der Waals surface area (Å²) in [5.74, 6) is -1.83. The van der Waals surface area contributed by atoms with Crippen LogP contribution < -0.4 is 10.2 Å². The summed E-state index contributed by atoms with van der Waals surface area (Å²) in [5, 5.41) is 11.9. The molecule has 0 saturated carbocycles. The molecule has 0 radical (unpaired) electrons. The van der Waals surface area contributed by atoms with Crippen molar-refractivity contribution in [3.63, 3.8) is 0 Å². The lowest BCUT2D eigenvalue weighted by atomic mass is 10.0. The zero-order chi connectivity index (χ0) is 23.7. The molecule has 1 aliphatic rings. The Kier molecular flexibility index (Phi) is 5.93. The van der Waals surface area contributed by atoms with Gasteiger partial charge in [0.2, 0.25) is 0 Å². The van der Waals surface area contributed by atoms with Crippen LogP contribution in [-0.4, -0.2) is 32.6 Å². The summed E-state index contributed by atoms with van der Waals surface area (Å²) in [6, 6.07) is 17.3. The molecule has 1 aliphatic heterocycles. The summed E-state index contributed by atoms with van der Waals surface area (Å²) < 4.78 is 1.70. The van der Waals surface area contributed by atoms with Crippen molar-refractivity contribution in [2.75, 3.05) is 4.90 Å². The molecular formula is C25H21N3O4S. The zero-order valence-corrected chi connectivity index (χ0v) is 18.8. The highest BCUT2D eigenvalue weighted by molar-refractivity contribution is 7.80. The van der Waals surface area contributed by atoms with Crippen LogP contribution >= 0.6 is 12.2 Å². The molecule has 166 valence electrons. The molecule has 2 aromatic carbocycles. The predicted octanol–water partition coefficient (Wildman–Crippen LogP) is 4.13. The first-order chi connectivity index (χ1) is 15.8. The van der Waals surface area contributed by atoms with Crippen molar-refractivity contribution in [3.05, 3.63) is 89.3 Å². The molecule has 1 saturated heterocycles. The van der Waals surface area contributed by atoms with Crippen LogP contribution in [0.2, 0.25) is 0 Å². The number of aromatic nitrogens is 1. The smallest absolute Gasteiger partial charge is 0.335 e. The van der Waals surface area contributed by atoms with Gasteiger partial charge >= 0.3 is 5.97 Å². The Balaban J connectivity index is 1.71. The van der Waals surface area contributed by atoms with Gasteiger partial charge in [-0.3, -0.25) is 19.8 Å². The molecule has 1 fully saturated rings. The fourth-order valence-electron chi connectivity index (χ4n) is 3.58. The minimum Gasteiger partial charge on any atom is -0.478 e. The lowest BCUT2D eigenvalue weighted by molar-refractivity contribution is -0.122. The van der Waals surface area contributed by atoms with Crippen LogP contribution in [0, 0.1) is 0 Å². The molecule has 2 N–H and O–H groups in total. The Bertz CT molecular complexity index is 1310. The van der Waals surface area contributed by atoms with E-state index in [1.165, 1.54) is 23.1 Å². The Labute approximate surface area is 196 Å². The number of thiocarbonyl (C=S) groups is 1. The standard InChI is InChI=1S/C25H21N3O4S/c1-15(2)16-8-10-18(11-9-16)28-23(30)21(22(29)26-25(28)33)14-20-7-4-12-27(20)19-6-3-5-17(13-19)24(31)32/h3-15H,1-2H3,(H,31,32)(H,26,29,33)/b21-14+. The fourth-order valence-corrected chi connectivity index (χ4v) is 3.86. The van der Waals surface area contributed by atoms with E-state index in [9.17, 15) is 19.5 Å². The van der Waals surface area contributed by atoms with Gasteiger partial charge in [-0.25, -0.2) is 4.79 Å². The quantitative estimate of drug-likeness (QED) is 0.340. The summed E-state index contributed by atoms with van der Waals surface area (Å²) in [6.45, 7) is 4.15. The van der Waals surface area contributed by atoms with Gasteiger partial charge < -0.3 is 9.67 Å². The van der Waals surface area contributed by atoms with E-state index in [0.717, 1.165) is 5.56 Å². The number of nitrogens with zero attached hydrogens (tertiary/aromatic N) is 2. The highest BCUT2D eigenvalue weighted by Crippen LogP contribution is 2.25. The van der Waals surface area contributed by atoms with Crippen LogP contribution in [0.1, 0.15) is 41.4 Å². The molecule has 4 rings (SSSR count). The number of benzene rings is 2. The van der Waals surface area contributed by atoms with Crippen LogP contribution in [0.5, 0.6) is 0 Å². The summed E-state index contributed by atoms with van der Waals surface area (Å²) in [5.41, 5.74) is 2.87. The monoisotopic (exact) mass is 459 g/mol. The van der Waals surface area contributed by atoms with E-state index in [1.807, 2.05) is 12.1 Å². The van der Waals surface area contributed by atoms with Crippen molar-refractivity contribution in [3.8, 4) is 5.69 Å². The number of amides is 2. The molecular weight excluding hydrogens is 438 g/mol. The molecule has 0 unspecified atom stereocenters. The van der Waals surface area contributed by atoms with Gasteiger partial charge in [-0.1, -0.05) is 32.0 Å². The van der Waals surface area contributed by atoms with Gasteiger partial charge in [0, 0.05) is 17.6 Å². The van der Waals surface area contributed by atoms with E-state index < -0.39 is 17.8 Å². The van der Waals surface area contributed by atoms with Crippen LogP contribution in [0.15, 0.2) is 72.4 Å². The molecule has 2 amide bonds. The summed E-state index contributed by atoms with van der Waals surface area (Å²) in [6.07, 6.45) is 3.20. The van der Waals surface area contributed by atoms with E-state index in [4.69, 9.17) is 12.2 Å². The molecule has 0 atom stereocenters. The number of hydrogen-bond donors (Lipinski definition) is 2. The number of anilines is 1. The fraction of sp³-hybridized carbons (Fsp3) is 0.120. The van der Waals surface area contributed by atoms with Gasteiger partial charge in [-0.05, 0) is 72.2 Å². The Hall–Kier alpha value is -4.04. The maximum atomic E-state index is 13.3. The van der Waals surface area contributed by atoms with Crippen LogP contribution in [0.4, 0.5) is 5.69 Å². The number of carbonyl (C=O) groups excluding carboxylic acids is 2. The van der Waals surface area contributed by atoms with Crippen molar-refractivity contribution >= 4 is 46.9 Å². The predicted molar refractivity (Wildman–Crippen MR) is 129 cm³/mol. The zero-order valence-electron chi connectivity index (χ0n) is 18.0. The van der Waals surface area contributed by atoms with Crippen molar-refractivity contribution in [2.45, 2.75) is 19.8 Å². The van der Waals surface area contributed by atoms with Gasteiger partial charge in [0.05, 0.1) is 11.3 Å². The third kappa shape index (κ3) is 4.33. The minimum atomic E-state index is -1.04. The van der Waals surface area contributed by atoms with Crippen molar-refractivity contribution in [1.29, 1.82) is 0 Å². The average molecular weight is 460 g/mol. The number of nitrogens with one attached hydrogen (secondary N) is 1. The number of rotatable bonds is 5. The minimum absolute atomic E-state index is 0.0176. The number of carboxylic acids is 1. The molecule has 33 heavy (non-hydrogen) atoms. The van der Waals surface area contributed by atoms with E-state index >= 15 is 0 Å². The summed E-state index contributed by atoms with van der Waals surface area (Å²) >= 11 is 5.27. The third-order valence-electron chi connectivity index (χ3n) is 5.36.